The highest BCUT2D eigenvalue weighted by molar-refractivity contribution is 6.32. The smallest absolute Gasteiger partial charge is 0.152 e. The Balaban J connectivity index is 1.50. The zero-order valence-electron chi connectivity index (χ0n) is 12.9. The quantitative estimate of drug-likeness (QED) is 0.794. The molecule has 0 saturated heterocycles. The minimum Gasteiger partial charge on any atom is -0.376 e. The van der Waals surface area contributed by atoms with Crippen LogP contribution in [-0.4, -0.2) is 16.6 Å². The first kappa shape index (κ1) is 15.8. The maximum Gasteiger partial charge on any atom is 0.152 e. The average molecular weight is 360 g/mol. The van der Waals surface area contributed by atoms with Crippen molar-refractivity contribution in [3.8, 4) is 6.07 Å². The van der Waals surface area contributed by atoms with E-state index in [0.29, 0.717) is 24.1 Å². The summed E-state index contributed by atoms with van der Waals surface area (Å²) in [4.78, 5) is 8.43. The Kier molecular flexibility index (Phi) is 3.76. The molecule has 1 heterocycles. The Morgan fingerprint density at radius 2 is 2.00 bits per heavy atom. The second kappa shape index (κ2) is 5.70. The molecular formula is C18H15Cl2N3O. The number of hydrogen-bond donors (Lipinski definition) is 0. The molecule has 3 saturated carbocycles. The Morgan fingerprint density at radius 1 is 1.25 bits per heavy atom. The topological polar surface area (TPSA) is 58.8 Å². The lowest BCUT2D eigenvalue weighted by Gasteiger charge is -2.72. The van der Waals surface area contributed by atoms with E-state index < -0.39 is 0 Å². The molecule has 0 aliphatic heterocycles. The van der Waals surface area contributed by atoms with Gasteiger partial charge in [0.1, 0.15) is 5.15 Å². The fourth-order valence-electron chi connectivity index (χ4n) is 4.31. The Bertz CT molecular complexity index is 813. The van der Waals surface area contributed by atoms with E-state index in [1.54, 1.807) is 0 Å². The fraction of sp³-hybridized carbons (Fsp3) is 0.389. The maximum absolute atomic E-state index is 9.57. The van der Waals surface area contributed by atoms with Crippen LogP contribution in [0.15, 0.2) is 36.5 Å². The third-order valence-corrected chi connectivity index (χ3v) is 5.68. The first-order valence-corrected chi connectivity index (χ1v) is 8.55. The molecule has 5 rings (SSSR count). The minimum atomic E-state index is -0.373. The lowest BCUT2D eigenvalue weighted by molar-refractivity contribution is -0.229. The third-order valence-electron chi connectivity index (χ3n) is 5.22. The molecule has 122 valence electrons. The van der Waals surface area contributed by atoms with Gasteiger partial charge in [-0.05, 0) is 18.4 Å². The van der Waals surface area contributed by atoms with Crippen LogP contribution < -0.4 is 0 Å². The SMILES string of the molecule is N#CC12CC(COCc3ccccc3)(C1)C2c1ncc(Cl)nc1Cl. The van der Waals surface area contributed by atoms with Crippen LogP contribution >= 0.6 is 23.2 Å². The summed E-state index contributed by atoms with van der Waals surface area (Å²) >= 11 is 12.1. The van der Waals surface area contributed by atoms with Crippen LogP contribution in [0.3, 0.4) is 0 Å². The van der Waals surface area contributed by atoms with Crippen molar-refractivity contribution in [3.63, 3.8) is 0 Å². The van der Waals surface area contributed by atoms with E-state index >= 15 is 0 Å². The summed E-state index contributed by atoms with van der Waals surface area (Å²) in [6.07, 6.45) is 3.15. The van der Waals surface area contributed by atoms with Crippen LogP contribution in [0.2, 0.25) is 10.3 Å². The van der Waals surface area contributed by atoms with Gasteiger partial charge >= 0.3 is 0 Å². The van der Waals surface area contributed by atoms with E-state index in [1.165, 1.54) is 6.20 Å². The monoisotopic (exact) mass is 359 g/mol. The molecule has 3 fully saturated rings. The second-order valence-corrected chi connectivity index (χ2v) is 7.51. The van der Waals surface area contributed by atoms with Crippen LogP contribution in [0, 0.1) is 22.2 Å². The second-order valence-electron chi connectivity index (χ2n) is 6.76. The van der Waals surface area contributed by atoms with Gasteiger partial charge in [0, 0.05) is 11.3 Å². The molecule has 1 unspecified atom stereocenters. The van der Waals surface area contributed by atoms with Crippen LogP contribution in [-0.2, 0) is 11.3 Å². The Labute approximate surface area is 150 Å². The summed E-state index contributed by atoms with van der Waals surface area (Å²) < 4.78 is 5.94. The lowest BCUT2D eigenvalue weighted by Crippen LogP contribution is -2.69. The molecule has 0 spiro atoms. The minimum absolute atomic E-state index is 0.0250. The van der Waals surface area contributed by atoms with E-state index in [4.69, 9.17) is 27.9 Å². The van der Waals surface area contributed by atoms with Crippen molar-refractivity contribution in [1.82, 2.24) is 9.97 Å². The van der Waals surface area contributed by atoms with Crippen molar-refractivity contribution in [2.45, 2.75) is 25.4 Å². The van der Waals surface area contributed by atoms with E-state index in [0.717, 1.165) is 18.4 Å². The molecule has 6 heteroatoms. The van der Waals surface area contributed by atoms with Gasteiger partial charge in [-0.1, -0.05) is 53.5 Å². The third kappa shape index (κ3) is 2.31. The standard InChI is InChI=1S/C18H15Cl2N3O/c19-13-6-22-14(16(20)23-13)15-17(10-21)8-18(15,9-17)11-24-7-12-4-2-1-3-5-12/h1-6,15H,7-9,11H2. The van der Waals surface area contributed by atoms with Gasteiger partial charge in [-0.3, -0.25) is 4.98 Å². The Hall–Kier alpha value is -1.67. The zero-order chi connectivity index (χ0) is 16.8. The van der Waals surface area contributed by atoms with Gasteiger partial charge < -0.3 is 4.74 Å². The van der Waals surface area contributed by atoms with Crippen LogP contribution in [0.5, 0.6) is 0 Å². The molecule has 3 aliphatic carbocycles. The maximum atomic E-state index is 9.57. The Morgan fingerprint density at radius 3 is 2.67 bits per heavy atom. The van der Waals surface area contributed by atoms with Crippen molar-refractivity contribution in [3.05, 3.63) is 58.1 Å². The van der Waals surface area contributed by atoms with E-state index in [-0.39, 0.29) is 21.9 Å². The first-order valence-electron chi connectivity index (χ1n) is 7.79. The van der Waals surface area contributed by atoms with Crippen molar-refractivity contribution >= 4 is 23.2 Å². The van der Waals surface area contributed by atoms with Crippen LogP contribution in [0.4, 0.5) is 0 Å². The fourth-order valence-corrected chi connectivity index (χ4v) is 4.74. The molecule has 2 bridgehead atoms. The lowest BCUT2D eigenvalue weighted by atomic mass is 9.29. The number of rotatable bonds is 5. The molecule has 1 aromatic heterocycles. The van der Waals surface area contributed by atoms with E-state index in [9.17, 15) is 5.26 Å². The molecule has 0 amide bonds. The highest BCUT2D eigenvalue weighted by atomic mass is 35.5. The number of nitriles is 1. The van der Waals surface area contributed by atoms with Gasteiger partial charge in [-0.25, -0.2) is 4.98 Å². The van der Waals surface area contributed by atoms with Gasteiger partial charge in [0.05, 0.1) is 36.6 Å². The first-order chi connectivity index (χ1) is 11.6. The van der Waals surface area contributed by atoms with Crippen LogP contribution in [0.25, 0.3) is 0 Å². The number of aromatic nitrogens is 2. The summed E-state index contributed by atoms with van der Waals surface area (Å²) in [5.74, 6) is -0.0250. The molecule has 0 N–H and O–H groups in total. The normalized spacial score (nSPS) is 30.1. The summed E-state index contributed by atoms with van der Waals surface area (Å²) in [5.41, 5.74) is 1.38. The van der Waals surface area contributed by atoms with Gasteiger partial charge in [-0.2, -0.15) is 5.26 Å². The number of hydrogen-bond acceptors (Lipinski definition) is 4. The predicted molar refractivity (Wildman–Crippen MR) is 90.6 cm³/mol. The van der Waals surface area contributed by atoms with Gasteiger partial charge in [0.2, 0.25) is 0 Å². The number of nitrogens with zero attached hydrogens (tertiary/aromatic N) is 3. The van der Waals surface area contributed by atoms with E-state index in [1.807, 2.05) is 30.3 Å². The van der Waals surface area contributed by atoms with Gasteiger partial charge in [0.15, 0.2) is 5.15 Å². The number of ether oxygens (including phenoxy) is 1. The number of benzene rings is 1. The molecule has 2 aromatic rings. The summed E-state index contributed by atoms with van der Waals surface area (Å²) in [7, 11) is 0. The van der Waals surface area contributed by atoms with E-state index in [2.05, 4.69) is 16.0 Å². The van der Waals surface area contributed by atoms with Crippen molar-refractivity contribution in [2.24, 2.45) is 10.8 Å². The molecule has 0 radical (unpaired) electrons. The van der Waals surface area contributed by atoms with Crippen molar-refractivity contribution in [2.75, 3.05) is 6.61 Å². The summed E-state index contributed by atoms with van der Waals surface area (Å²) in [6.45, 7) is 1.16. The zero-order valence-corrected chi connectivity index (χ0v) is 14.4. The summed E-state index contributed by atoms with van der Waals surface area (Å²) in [6, 6.07) is 12.5. The summed E-state index contributed by atoms with van der Waals surface area (Å²) in [5, 5.41) is 10.1. The molecule has 24 heavy (non-hydrogen) atoms. The molecular weight excluding hydrogens is 345 g/mol. The molecule has 1 atom stereocenters. The van der Waals surface area contributed by atoms with Crippen molar-refractivity contribution < 1.29 is 4.74 Å². The molecule has 3 aliphatic rings. The predicted octanol–water partition coefficient (Wildman–Crippen LogP) is 4.39. The molecule has 4 nitrogen and oxygen atoms in total. The molecule has 1 aromatic carbocycles. The highest BCUT2D eigenvalue weighted by Gasteiger charge is 2.77. The van der Waals surface area contributed by atoms with Gasteiger partial charge in [0.25, 0.3) is 0 Å². The largest absolute Gasteiger partial charge is 0.376 e. The average Bonchev–Trinajstić information content (AvgIpc) is 2.53. The van der Waals surface area contributed by atoms with Gasteiger partial charge in [-0.15, -0.1) is 0 Å². The van der Waals surface area contributed by atoms with Crippen molar-refractivity contribution in [1.29, 1.82) is 5.26 Å². The van der Waals surface area contributed by atoms with Crippen LogP contribution in [0.1, 0.15) is 30.0 Å². The number of halogens is 2. The highest BCUT2D eigenvalue weighted by Crippen LogP contribution is 2.80.